The molecule has 0 spiro atoms. The van der Waals surface area contributed by atoms with E-state index in [1.807, 2.05) is 37.3 Å². The van der Waals surface area contributed by atoms with Gasteiger partial charge in [-0.2, -0.15) is 0 Å². The smallest absolute Gasteiger partial charge is 0.228 e. The summed E-state index contributed by atoms with van der Waals surface area (Å²) in [5, 5.41) is 12.7. The highest BCUT2D eigenvalue weighted by Crippen LogP contribution is 2.48. The molecule has 0 radical (unpaired) electrons. The van der Waals surface area contributed by atoms with E-state index < -0.39 is 0 Å². The third-order valence-corrected chi connectivity index (χ3v) is 4.08. The Morgan fingerprint density at radius 2 is 1.95 bits per heavy atom. The monoisotopic (exact) mass is 297 g/mol. The predicted octanol–water partition coefficient (Wildman–Crippen LogP) is 3.45. The molecular formula is C18H19NO3. The van der Waals surface area contributed by atoms with Crippen molar-refractivity contribution in [1.82, 2.24) is 0 Å². The van der Waals surface area contributed by atoms with E-state index in [9.17, 15) is 9.90 Å². The Morgan fingerprint density at radius 3 is 2.59 bits per heavy atom. The number of anilines is 1. The van der Waals surface area contributed by atoms with Crippen molar-refractivity contribution in [3.05, 3.63) is 53.6 Å². The number of phenolic OH excluding ortho intramolecular Hbond substituents is 1. The Morgan fingerprint density at radius 1 is 1.23 bits per heavy atom. The van der Waals surface area contributed by atoms with Crippen molar-refractivity contribution in [1.29, 1.82) is 0 Å². The molecule has 22 heavy (non-hydrogen) atoms. The van der Waals surface area contributed by atoms with Crippen LogP contribution in [0.1, 0.15) is 23.5 Å². The molecule has 2 N–H and O–H groups in total. The fourth-order valence-electron chi connectivity index (χ4n) is 2.68. The number of aryl methyl sites for hydroxylation is 1. The number of hydrogen-bond acceptors (Lipinski definition) is 3. The van der Waals surface area contributed by atoms with Crippen LogP contribution in [0.15, 0.2) is 42.5 Å². The molecule has 3 rings (SSSR count). The highest BCUT2D eigenvalue weighted by Gasteiger charge is 2.44. The van der Waals surface area contributed by atoms with Crippen molar-refractivity contribution in [2.24, 2.45) is 5.92 Å². The number of ether oxygens (including phenoxy) is 1. The molecule has 2 atom stereocenters. The van der Waals surface area contributed by atoms with E-state index in [1.165, 1.54) is 0 Å². The van der Waals surface area contributed by atoms with Crippen molar-refractivity contribution in [2.45, 2.75) is 19.3 Å². The van der Waals surface area contributed by atoms with Crippen molar-refractivity contribution < 1.29 is 14.6 Å². The van der Waals surface area contributed by atoms with Crippen molar-refractivity contribution in [2.75, 3.05) is 12.4 Å². The van der Waals surface area contributed by atoms with Crippen LogP contribution in [0.2, 0.25) is 0 Å². The van der Waals surface area contributed by atoms with Gasteiger partial charge in [-0.05, 0) is 54.7 Å². The van der Waals surface area contributed by atoms with Crippen LogP contribution in [0.25, 0.3) is 0 Å². The standard InChI is InChI=1S/C18H19NO3/c1-11-3-8-16(17(20)9-11)19-18(21)15-10-14(15)12-4-6-13(22-2)7-5-12/h3-9,14-15,20H,10H2,1-2H3,(H,19,21). The van der Waals surface area contributed by atoms with E-state index in [0.717, 1.165) is 23.3 Å². The molecular weight excluding hydrogens is 278 g/mol. The Labute approximate surface area is 129 Å². The molecule has 0 bridgehead atoms. The molecule has 0 aliphatic heterocycles. The van der Waals surface area contributed by atoms with Gasteiger partial charge in [0.05, 0.1) is 12.8 Å². The Bertz CT molecular complexity index is 694. The van der Waals surface area contributed by atoms with Crippen LogP contribution in [-0.4, -0.2) is 18.1 Å². The van der Waals surface area contributed by atoms with Gasteiger partial charge in [0.2, 0.25) is 5.91 Å². The molecule has 0 heterocycles. The summed E-state index contributed by atoms with van der Waals surface area (Å²) < 4.78 is 5.14. The summed E-state index contributed by atoms with van der Waals surface area (Å²) in [5.41, 5.74) is 2.57. The van der Waals surface area contributed by atoms with E-state index in [0.29, 0.717) is 5.69 Å². The first-order valence-electron chi connectivity index (χ1n) is 7.33. The zero-order valence-electron chi connectivity index (χ0n) is 12.7. The number of phenols is 1. The summed E-state index contributed by atoms with van der Waals surface area (Å²) in [4.78, 5) is 12.3. The van der Waals surface area contributed by atoms with Gasteiger partial charge in [0.25, 0.3) is 0 Å². The summed E-state index contributed by atoms with van der Waals surface area (Å²) >= 11 is 0. The second-order valence-electron chi connectivity index (χ2n) is 5.73. The third kappa shape index (κ3) is 2.91. The maximum Gasteiger partial charge on any atom is 0.228 e. The number of nitrogens with one attached hydrogen (secondary N) is 1. The lowest BCUT2D eigenvalue weighted by Crippen LogP contribution is -2.14. The molecule has 4 heteroatoms. The van der Waals surface area contributed by atoms with Crippen LogP contribution in [0.4, 0.5) is 5.69 Å². The molecule has 2 aromatic carbocycles. The molecule has 1 aliphatic rings. The van der Waals surface area contributed by atoms with E-state index >= 15 is 0 Å². The molecule has 4 nitrogen and oxygen atoms in total. The van der Waals surface area contributed by atoms with Crippen LogP contribution >= 0.6 is 0 Å². The fourth-order valence-corrected chi connectivity index (χ4v) is 2.68. The molecule has 1 amide bonds. The van der Waals surface area contributed by atoms with Crippen molar-refractivity contribution in [3.63, 3.8) is 0 Å². The lowest BCUT2D eigenvalue weighted by molar-refractivity contribution is -0.117. The molecule has 2 unspecified atom stereocenters. The quantitative estimate of drug-likeness (QED) is 0.850. The minimum Gasteiger partial charge on any atom is -0.506 e. The van der Waals surface area contributed by atoms with Gasteiger partial charge in [0.1, 0.15) is 11.5 Å². The zero-order valence-corrected chi connectivity index (χ0v) is 12.7. The zero-order chi connectivity index (χ0) is 15.7. The molecule has 2 aromatic rings. The fraction of sp³-hybridized carbons (Fsp3) is 0.278. The Balaban J connectivity index is 1.64. The molecule has 0 aromatic heterocycles. The normalized spacial score (nSPS) is 19.5. The van der Waals surface area contributed by atoms with E-state index in [4.69, 9.17) is 4.74 Å². The maximum atomic E-state index is 12.3. The van der Waals surface area contributed by atoms with E-state index in [1.54, 1.807) is 19.2 Å². The molecule has 1 saturated carbocycles. The highest BCUT2D eigenvalue weighted by atomic mass is 16.5. The van der Waals surface area contributed by atoms with Gasteiger partial charge in [-0.3, -0.25) is 4.79 Å². The Kier molecular flexibility index (Phi) is 3.75. The second kappa shape index (κ2) is 5.72. The number of rotatable bonds is 4. The van der Waals surface area contributed by atoms with Crippen LogP contribution in [0, 0.1) is 12.8 Å². The summed E-state index contributed by atoms with van der Waals surface area (Å²) in [6, 6.07) is 13.1. The molecule has 1 aliphatic carbocycles. The van der Waals surface area contributed by atoms with Gasteiger partial charge in [-0.1, -0.05) is 18.2 Å². The average molecular weight is 297 g/mol. The highest BCUT2D eigenvalue weighted by molar-refractivity contribution is 5.96. The lowest BCUT2D eigenvalue weighted by atomic mass is 10.1. The van der Waals surface area contributed by atoms with E-state index in [2.05, 4.69) is 5.32 Å². The first-order chi connectivity index (χ1) is 10.6. The van der Waals surface area contributed by atoms with Crippen LogP contribution in [-0.2, 0) is 4.79 Å². The number of amides is 1. The van der Waals surface area contributed by atoms with Crippen LogP contribution in [0.5, 0.6) is 11.5 Å². The average Bonchev–Trinajstić information content (AvgIpc) is 3.31. The minimum absolute atomic E-state index is 0.0332. The SMILES string of the molecule is COc1ccc(C2CC2C(=O)Nc2ccc(C)cc2O)cc1. The van der Waals surface area contributed by atoms with Gasteiger partial charge >= 0.3 is 0 Å². The first-order valence-corrected chi connectivity index (χ1v) is 7.33. The summed E-state index contributed by atoms with van der Waals surface area (Å²) in [7, 11) is 1.64. The van der Waals surface area contributed by atoms with Crippen LogP contribution in [0.3, 0.4) is 0 Å². The van der Waals surface area contributed by atoms with Gasteiger partial charge in [-0.15, -0.1) is 0 Å². The minimum atomic E-state index is -0.0417. The first kappa shape index (κ1) is 14.4. The lowest BCUT2D eigenvalue weighted by Gasteiger charge is -2.08. The molecule has 1 fully saturated rings. The van der Waals surface area contributed by atoms with Gasteiger partial charge in [-0.25, -0.2) is 0 Å². The van der Waals surface area contributed by atoms with Crippen molar-refractivity contribution >= 4 is 11.6 Å². The number of carbonyl (C=O) groups is 1. The van der Waals surface area contributed by atoms with Gasteiger partial charge in [0.15, 0.2) is 0 Å². The van der Waals surface area contributed by atoms with Gasteiger partial charge in [0, 0.05) is 5.92 Å². The maximum absolute atomic E-state index is 12.3. The topological polar surface area (TPSA) is 58.6 Å². The second-order valence-corrected chi connectivity index (χ2v) is 5.73. The number of aromatic hydroxyl groups is 1. The summed E-state index contributed by atoms with van der Waals surface area (Å²) in [6.45, 7) is 1.89. The summed E-state index contributed by atoms with van der Waals surface area (Å²) in [6.07, 6.45) is 0.838. The summed E-state index contributed by atoms with van der Waals surface area (Å²) in [5.74, 6) is 1.09. The number of methoxy groups -OCH3 is 1. The molecule has 0 saturated heterocycles. The third-order valence-electron chi connectivity index (χ3n) is 4.08. The molecule has 114 valence electrons. The largest absolute Gasteiger partial charge is 0.506 e. The van der Waals surface area contributed by atoms with Crippen LogP contribution < -0.4 is 10.1 Å². The van der Waals surface area contributed by atoms with Crippen molar-refractivity contribution in [3.8, 4) is 11.5 Å². The Hall–Kier alpha value is -2.49. The number of carbonyl (C=O) groups excluding carboxylic acids is 1. The predicted molar refractivity (Wildman–Crippen MR) is 85.3 cm³/mol. The van der Waals surface area contributed by atoms with E-state index in [-0.39, 0.29) is 23.5 Å². The number of benzene rings is 2. The number of hydrogen-bond donors (Lipinski definition) is 2. The van der Waals surface area contributed by atoms with Gasteiger partial charge < -0.3 is 15.2 Å².